The van der Waals surface area contributed by atoms with Crippen LogP contribution in [0.3, 0.4) is 0 Å². The van der Waals surface area contributed by atoms with Crippen LogP contribution in [0.15, 0.2) is 52.0 Å². The van der Waals surface area contributed by atoms with Crippen LogP contribution in [0.1, 0.15) is 12.2 Å². The number of hydrogen-bond donors (Lipinski definition) is 2. The molecule has 2 aromatic rings. The summed E-state index contributed by atoms with van der Waals surface area (Å²) in [6.07, 6.45) is 0.529. The van der Waals surface area contributed by atoms with Gasteiger partial charge in [0.25, 0.3) is 10.0 Å². The van der Waals surface area contributed by atoms with Crippen LogP contribution in [-0.4, -0.2) is 26.7 Å². The summed E-state index contributed by atoms with van der Waals surface area (Å²) in [6, 6.07) is 12.0. The quantitative estimate of drug-likeness (QED) is 0.722. The van der Waals surface area contributed by atoms with E-state index < -0.39 is 10.0 Å². The zero-order valence-corrected chi connectivity index (χ0v) is 12.2. The summed E-state index contributed by atoms with van der Waals surface area (Å²) >= 11 is 0. The number of aliphatic hydroxyl groups excluding tert-OH is 1. The molecule has 0 atom stereocenters. The molecule has 0 spiro atoms. The molecule has 114 valence electrons. The van der Waals surface area contributed by atoms with Crippen molar-refractivity contribution < 1.29 is 22.7 Å². The maximum absolute atomic E-state index is 11.9. The largest absolute Gasteiger partial charge is 0.494 e. The second-order valence-electron chi connectivity index (χ2n) is 4.29. The van der Waals surface area contributed by atoms with Crippen molar-refractivity contribution in [2.45, 2.75) is 18.1 Å². The molecule has 1 heterocycles. The van der Waals surface area contributed by atoms with Gasteiger partial charge in [-0.3, -0.25) is 0 Å². The lowest BCUT2D eigenvalue weighted by Gasteiger charge is -2.06. The Kier molecular flexibility index (Phi) is 5.38. The summed E-state index contributed by atoms with van der Waals surface area (Å²) in [5, 5.41) is 8.65. The molecule has 1 aromatic carbocycles. The van der Waals surface area contributed by atoms with Crippen LogP contribution in [0.4, 0.5) is 0 Å². The second kappa shape index (κ2) is 7.26. The fourth-order valence-electron chi connectivity index (χ4n) is 1.64. The molecule has 1 aromatic heterocycles. The molecule has 2 rings (SSSR count). The van der Waals surface area contributed by atoms with E-state index >= 15 is 0 Å². The van der Waals surface area contributed by atoms with E-state index in [0.29, 0.717) is 13.0 Å². The van der Waals surface area contributed by atoms with Gasteiger partial charge in [0.05, 0.1) is 6.61 Å². The summed E-state index contributed by atoms with van der Waals surface area (Å²) in [4.78, 5) is 0. The minimum Gasteiger partial charge on any atom is -0.494 e. The highest BCUT2D eigenvalue weighted by Crippen LogP contribution is 2.13. The second-order valence-corrected chi connectivity index (χ2v) is 5.99. The Morgan fingerprint density at radius 1 is 1.14 bits per heavy atom. The van der Waals surface area contributed by atoms with Crippen molar-refractivity contribution in [3.8, 4) is 5.75 Å². The highest BCUT2D eigenvalue weighted by molar-refractivity contribution is 7.89. The first kappa shape index (κ1) is 15.6. The molecule has 21 heavy (non-hydrogen) atoms. The van der Waals surface area contributed by atoms with Crippen LogP contribution in [0.25, 0.3) is 0 Å². The molecular weight excluding hydrogens is 294 g/mol. The van der Waals surface area contributed by atoms with Crippen LogP contribution in [0.2, 0.25) is 0 Å². The van der Waals surface area contributed by atoms with Gasteiger partial charge in [-0.1, -0.05) is 18.2 Å². The van der Waals surface area contributed by atoms with Gasteiger partial charge in [0.1, 0.15) is 18.1 Å². The molecule has 0 radical (unpaired) electrons. The highest BCUT2D eigenvalue weighted by atomic mass is 32.2. The van der Waals surface area contributed by atoms with Crippen LogP contribution in [0, 0.1) is 0 Å². The topological polar surface area (TPSA) is 88.8 Å². The van der Waals surface area contributed by atoms with Gasteiger partial charge in [-0.15, -0.1) is 0 Å². The minimum absolute atomic E-state index is 0.199. The summed E-state index contributed by atoms with van der Waals surface area (Å²) in [5.41, 5.74) is 0. The van der Waals surface area contributed by atoms with E-state index in [1.165, 1.54) is 12.1 Å². The van der Waals surface area contributed by atoms with Gasteiger partial charge in [0, 0.05) is 6.54 Å². The summed E-state index contributed by atoms with van der Waals surface area (Å²) in [7, 11) is -3.68. The van der Waals surface area contributed by atoms with Gasteiger partial charge in [-0.2, -0.15) is 0 Å². The minimum atomic E-state index is -3.68. The number of aliphatic hydroxyl groups is 1. The van der Waals surface area contributed by atoms with Crippen LogP contribution in [-0.2, 0) is 16.6 Å². The van der Waals surface area contributed by atoms with Crippen molar-refractivity contribution >= 4 is 10.0 Å². The Morgan fingerprint density at radius 2 is 1.90 bits per heavy atom. The monoisotopic (exact) mass is 311 g/mol. The molecule has 0 saturated carbocycles. The molecule has 6 nitrogen and oxygen atoms in total. The van der Waals surface area contributed by atoms with E-state index in [0.717, 1.165) is 5.75 Å². The zero-order valence-electron chi connectivity index (χ0n) is 11.4. The molecule has 0 aliphatic heterocycles. The highest BCUT2D eigenvalue weighted by Gasteiger charge is 2.17. The van der Waals surface area contributed by atoms with Gasteiger partial charge in [0.2, 0.25) is 5.09 Å². The SMILES string of the molecule is O=S(=O)(NCCCOc1ccccc1)c1ccc(CO)o1. The first-order valence-electron chi connectivity index (χ1n) is 6.49. The zero-order chi connectivity index (χ0) is 15.1. The van der Waals surface area contributed by atoms with Gasteiger partial charge < -0.3 is 14.3 Å². The Balaban J connectivity index is 1.75. The Labute approximate surface area is 123 Å². The Morgan fingerprint density at radius 3 is 2.57 bits per heavy atom. The molecule has 0 unspecified atom stereocenters. The maximum Gasteiger partial charge on any atom is 0.273 e. The van der Waals surface area contributed by atoms with Crippen molar-refractivity contribution in [1.82, 2.24) is 4.72 Å². The number of para-hydroxylation sites is 1. The smallest absolute Gasteiger partial charge is 0.273 e. The molecule has 0 aliphatic carbocycles. The molecule has 0 amide bonds. The predicted molar refractivity (Wildman–Crippen MR) is 76.4 cm³/mol. The van der Waals surface area contributed by atoms with Crippen molar-refractivity contribution in [2.75, 3.05) is 13.2 Å². The third-order valence-corrected chi connectivity index (χ3v) is 4.02. The van der Waals surface area contributed by atoms with E-state index in [9.17, 15) is 8.42 Å². The Bertz CT molecular complexity index is 651. The molecule has 0 saturated heterocycles. The summed E-state index contributed by atoms with van der Waals surface area (Å²) in [6.45, 7) is 0.317. The molecule has 7 heteroatoms. The van der Waals surface area contributed by atoms with E-state index in [4.69, 9.17) is 14.3 Å². The van der Waals surface area contributed by atoms with Crippen molar-refractivity contribution in [3.63, 3.8) is 0 Å². The summed E-state index contributed by atoms with van der Waals surface area (Å²) < 4.78 is 36.6. The number of hydrogen-bond acceptors (Lipinski definition) is 5. The number of rotatable bonds is 8. The van der Waals surface area contributed by atoms with E-state index in [1.807, 2.05) is 30.3 Å². The fourth-order valence-corrected chi connectivity index (χ4v) is 2.66. The lowest BCUT2D eigenvalue weighted by atomic mass is 10.3. The molecule has 2 N–H and O–H groups in total. The fraction of sp³-hybridized carbons (Fsp3) is 0.286. The van der Waals surface area contributed by atoms with E-state index in [1.54, 1.807) is 0 Å². The molecule has 0 aliphatic rings. The third kappa shape index (κ3) is 4.59. The number of sulfonamides is 1. The van der Waals surface area contributed by atoms with E-state index in [-0.39, 0.29) is 24.0 Å². The van der Waals surface area contributed by atoms with Crippen molar-refractivity contribution in [3.05, 3.63) is 48.2 Å². The van der Waals surface area contributed by atoms with Gasteiger partial charge in [-0.25, -0.2) is 13.1 Å². The Hall–Kier alpha value is -1.83. The third-order valence-electron chi connectivity index (χ3n) is 2.68. The number of ether oxygens (including phenoxy) is 1. The first-order valence-corrected chi connectivity index (χ1v) is 7.97. The van der Waals surface area contributed by atoms with Crippen molar-refractivity contribution in [2.24, 2.45) is 0 Å². The molecule has 0 fully saturated rings. The van der Waals surface area contributed by atoms with Crippen LogP contribution in [0.5, 0.6) is 5.75 Å². The molecule has 0 bridgehead atoms. The van der Waals surface area contributed by atoms with Gasteiger partial charge >= 0.3 is 0 Å². The standard InChI is InChI=1S/C14H17NO5S/c16-11-13-7-8-14(20-13)21(17,18)15-9-4-10-19-12-5-2-1-3-6-12/h1-3,5-8,15-16H,4,9-11H2. The average molecular weight is 311 g/mol. The lowest BCUT2D eigenvalue weighted by Crippen LogP contribution is -2.25. The van der Waals surface area contributed by atoms with Crippen LogP contribution >= 0.6 is 0 Å². The van der Waals surface area contributed by atoms with Gasteiger partial charge in [0.15, 0.2) is 0 Å². The molecular formula is C14H17NO5S. The average Bonchev–Trinajstić information content (AvgIpc) is 2.98. The number of benzene rings is 1. The summed E-state index contributed by atoms with van der Waals surface area (Å²) in [5.74, 6) is 0.960. The van der Waals surface area contributed by atoms with E-state index in [2.05, 4.69) is 4.72 Å². The predicted octanol–water partition coefficient (Wildman–Crippen LogP) is 1.52. The van der Waals surface area contributed by atoms with Crippen LogP contribution < -0.4 is 9.46 Å². The number of furan rings is 1. The van der Waals surface area contributed by atoms with Gasteiger partial charge in [-0.05, 0) is 30.7 Å². The first-order chi connectivity index (χ1) is 10.1. The lowest BCUT2D eigenvalue weighted by molar-refractivity contribution is 0.236. The maximum atomic E-state index is 11.9. The number of nitrogens with one attached hydrogen (secondary N) is 1. The normalized spacial score (nSPS) is 11.5. The van der Waals surface area contributed by atoms with Crippen molar-refractivity contribution in [1.29, 1.82) is 0 Å².